The molecule has 5 rings (SSSR count). The van der Waals surface area contributed by atoms with Crippen LogP contribution in [0.5, 0.6) is 0 Å². The molecular weight excluding hydrogens is 414 g/mol. The number of piperidine rings is 1. The fraction of sp³-hybridized carbons (Fsp3) is 0.348. The number of aromatic amines is 1. The summed E-state index contributed by atoms with van der Waals surface area (Å²) in [5.41, 5.74) is 0.781. The molecule has 3 aromatic rings. The molecule has 1 spiro atoms. The molecule has 2 aliphatic heterocycles. The average molecular weight is 440 g/mol. The van der Waals surface area contributed by atoms with Crippen molar-refractivity contribution in [3.63, 3.8) is 0 Å². The zero-order valence-electron chi connectivity index (χ0n) is 17.3. The molecule has 1 amide bonds. The number of nitrogens with one attached hydrogen (secondary N) is 2. The van der Waals surface area contributed by atoms with Gasteiger partial charge >= 0.3 is 0 Å². The predicted molar refractivity (Wildman–Crippen MR) is 118 cm³/mol. The van der Waals surface area contributed by atoms with Crippen molar-refractivity contribution in [2.45, 2.75) is 28.8 Å². The molecule has 0 bridgehead atoms. The number of amides is 1. The summed E-state index contributed by atoms with van der Waals surface area (Å²) in [5, 5.41) is 4.38. The van der Waals surface area contributed by atoms with E-state index in [2.05, 4.69) is 10.3 Å². The summed E-state index contributed by atoms with van der Waals surface area (Å²) in [4.78, 5) is 17.5. The fourth-order valence-electron chi connectivity index (χ4n) is 4.55. The lowest BCUT2D eigenvalue weighted by Crippen LogP contribution is -2.62. The highest BCUT2D eigenvalue weighted by Crippen LogP contribution is 2.34. The number of fused-ring (bicyclic) bond motifs is 1. The van der Waals surface area contributed by atoms with Gasteiger partial charge in [-0.3, -0.25) is 4.79 Å². The van der Waals surface area contributed by atoms with E-state index in [0.29, 0.717) is 19.4 Å². The predicted octanol–water partition coefficient (Wildman–Crippen LogP) is 2.55. The first-order chi connectivity index (χ1) is 14.9. The molecule has 0 saturated carbocycles. The van der Waals surface area contributed by atoms with Gasteiger partial charge < -0.3 is 19.9 Å². The quantitative estimate of drug-likeness (QED) is 0.655. The highest BCUT2D eigenvalue weighted by atomic mass is 32.2. The van der Waals surface area contributed by atoms with Crippen LogP contribution >= 0.6 is 0 Å². The minimum atomic E-state index is -3.98. The van der Waals surface area contributed by atoms with Gasteiger partial charge in [-0.2, -0.15) is 0 Å². The van der Waals surface area contributed by atoms with E-state index in [1.807, 2.05) is 30.5 Å². The van der Waals surface area contributed by atoms with Gasteiger partial charge in [-0.05, 0) is 66.7 Å². The summed E-state index contributed by atoms with van der Waals surface area (Å²) in [6.07, 6.45) is 3.24. The number of hydrogen-bond acceptors (Lipinski definition) is 5. The molecule has 1 aromatic heterocycles. The van der Waals surface area contributed by atoms with Gasteiger partial charge in [0.1, 0.15) is 0 Å². The Morgan fingerprint density at radius 2 is 1.74 bits per heavy atom. The minimum absolute atomic E-state index is 0.0925. The third-order valence-corrected chi connectivity index (χ3v) is 8.12. The van der Waals surface area contributed by atoms with Crippen LogP contribution in [0.25, 0.3) is 22.0 Å². The Balaban J connectivity index is 1.44. The van der Waals surface area contributed by atoms with E-state index < -0.39 is 26.8 Å². The number of morpholine rings is 1. The van der Waals surface area contributed by atoms with Crippen LogP contribution in [0.15, 0.2) is 59.6 Å². The van der Waals surface area contributed by atoms with Crippen LogP contribution in [0.4, 0.5) is 0 Å². The third-order valence-electron chi connectivity index (χ3n) is 6.33. The SMILES string of the molecule is CN1CC2(CCNCC2)OC(S(=O)(=O)c2ccc(-c3ccc4cc[nH]c4c3)cc2)C1=O. The third kappa shape index (κ3) is 3.54. The molecule has 3 heterocycles. The molecule has 2 aliphatic rings. The molecule has 2 N–H and O–H groups in total. The van der Waals surface area contributed by atoms with Crippen molar-refractivity contribution in [3.8, 4) is 11.1 Å². The minimum Gasteiger partial charge on any atom is -0.361 e. The Morgan fingerprint density at radius 3 is 2.48 bits per heavy atom. The molecule has 2 aromatic carbocycles. The van der Waals surface area contributed by atoms with E-state index in [9.17, 15) is 13.2 Å². The van der Waals surface area contributed by atoms with E-state index in [1.165, 1.54) is 4.90 Å². The number of H-pyrrole nitrogens is 1. The number of hydrogen-bond donors (Lipinski definition) is 2. The summed E-state index contributed by atoms with van der Waals surface area (Å²) in [7, 11) is -2.33. The number of ether oxygens (including phenoxy) is 1. The van der Waals surface area contributed by atoms with Crippen LogP contribution in [0, 0.1) is 0 Å². The van der Waals surface area contributed by atoms with Gasteiger partial charge in [0.15, 0.2) is 0 Å². The number of benzene rings is 2. The van der Waals surface area contributed by atoms with Crippen molar-refractivity contribution >= 4 is 26.6 Å². The number of nitrogens with zero attached hydrogens (tertiary/aromatic N) is 1. The number of likely N-dealkylation sites (N-methyl/N-ethyl adjacent to an activating group) is 1. The van der Waals surface area contributed by atoms with Crippen LogP contribution in [-0.2, 0) is 19.4 Å². The van der Waals surface area contributed by atoms with Crippen molar-refractivity contribution in [3.05, 3.63) is 54.7 Å². The largest absolute Gasteiger partial charge is 0.361 e. The number of carbonyl (C=O) groups excluding carboxylic acids is 1. The molecule has 1 unspecified atom stereocenters. The molecular formula is C23H25N3O4S. The summed E-state index contributed by atoms with van der Waals surface area (Å²) in [6, 6.07) is 14.7. The van der Waals surface area contributed by atoms with Gasteiger partial charge in [0, 0.05) is 25.3 Å². The monoisotopic (exact) mass is 439 g/mol. The van der Waals surface area contributed by atoms with Gasteiger partial charge in [0.2, 0.25) is 15.3 Å². The van der Waals surface area contributed by atoms with Crippen molar-refractivity contribution < 1.29 is 17.9 Å². The lowest BCUT2D eigenvalue weighted by Gasteiger charge is -2.46. The van der Waals surface area contributed by atoms with Crippen molar-refractivity contribution in [2.75, 3.05) is 26.7 Å². The molecule has 1 atom stereocenters. The average Bonchev–Trinajstić information content (AvgIpc) is 3.25. The highest BCUT2D eigenvalue weighted by Gasteiger charge is 2.50. The first-order valence-electron chi connectivity index (χ1n) is 10.4. The standard InChI is InChI=1S/C23H25N3O4S/c1-26-15-23(9-12-24-13-10-23)30-22(21(26)27)31(28,29)19-6-4-16(5-7-19)18-3-2-17-8-11-25-20(17)14-18/h2-8,11,14,22,24-25H,9-10,12-13,15H2,1H3. The number of carbonyl (C=O) groups is 1. The Kier molecular flexibility index (Phi) is 4.88. The van der Waals surface area contributed by atoms with Crippen molar-refractivity contribution in [1.82, 2.24) is 15.2 Å². The lowest BCUT2D eigenvalue weighted by atomic mass is 9.90. The maximum atomic E-state index is 13.4. The Bertz CT molecular complexity index is 1230. The van der Waals surface area contributed by atoms with Gasteiger partial charge in [-0.15, -0.1) is 0 Å². The normalized spacial score (nSPS) is 21.6. The second kappa shape index (κ2) is 7.47. The first-order valence-corrected chi connectivity index (χ1v) is 12.0. The Labute approximate surface area is 181 Å². The summed E-state index contributed by atoms with van der Waals surface area (Å²) in [5.74, 6) is -0.509. The van der Waals surface area contributed by atoms with Gasteiger partial charge in [-0.25, -0.2) is 8.42 Å². The fourth-order valence-corrected chi connectivity index (χ4v) is 6.09. The molecule has 7 nitrogen and oxygen atoms in total. The summed E-state index contributed by atoms with van der Waals surface area (Å²) >= 11 is 0. The number of aromatic nitrogens is 1. The molecule has 8 heteroatoms. The summed E-state index contributed by atoms with van der Waals surface area (Å²) in [6.45, 7) is 1.91. The van der Waals surface area contributed by atoms with Crippen molar-refractivity contribution in [2.24, 2.45) is 0 Å². The summed E-state index contributed by atoms with van der Waals surface area (Å²) < 4.78 is 32.8. The molecule has 0 aliphatic carbocycles. The maximum Gasteiger partial charge on any atom is 0.267 e. The van der Waals surface area contributed by atoms with E-state index in [1.54, 1.807) is 31.3 Å². The lowest BCUT2D eigenvalue weighted by molar-refractivity contribution is -0.172. The Morgan fingerprint density at radius 1 is 1.03 bits per heavy atom. The van der Waals surface area contributed by atoms with Gasteiger partial charge in [0.05, 0.1) is 10.5 Å². The van der Waals surface area contributed by atoms with Gasteiger partial charge in [-0.1, -0.05) is 24.3 Å². The molecule has 2 fully saturated rings. The van der Waals surface area contributed by atoms with Crippen LogP contribution in [-0.4, -0.2) is 61.9 Å². The molecule has 31 heavy (non-hydrogen) atoms. The van der Waals surface area contributed by atoms with E-state index in [-0.39, 0.29) is 4.90 Å². The zero-order chi connectivity index (χ0) is 21.6. The maximum absolute atomic E-state index is 13.4. The van der Waals surface area contributed by atoms with E-state index >= 15 is 0 Å². The Hall–Kier alpha value is -2.68. The first kappa shape index (κ1) is 20.2. The van der Waals surface area contributed by atoms with Crippen LogP contribution < -0.4 is 5.32 Å². The van der Waals surface area contributed by atoms with Gasteiger partial charge in [0.25, 0.3) is 5.91 Å². The second-order valence-corrected chi connectivity index (χ2v) is 10.4. The van der Waals surface area contributed by atoms with Crippen LogP contribution in [0.3, 0.4) is 0 Å². The second-order valence-electron chi connectivity index (χ2n) is 8.43. The molecule has 162 valence electrons. The number of sulfone groups is 1. The smallest absolute Gasteiger partial charge is 0.267 e. The topological polar surface area (TPSA) is 91.5 Å². The van der Waals surface area contributed by atoms with E-state index in [0.717, 1.165) is 35.1 Å². The highest BCUT2D eigenvalue weighted by molar-refractivity contribution is 7.92. The van der Waals surface area contributed by atoms with E-state index in [4.69, 9.17) is 4.74 Å². The molecule has 0 radical (unpaired) electrons. The zero-order valence-corrected chi connectivity index (χ0v) is 18.1. The van der Waals surface area contributed by atoms with Crippen molar-refractivity contribution in [1.29, 1.82) is 0 Å². The van der Waals surface area contributed by atoms with Crippen LogP contribution in [0.1, 0.15) is 12.8 Å². The molecule has 2 saturated heterocycles. The number of rotatable bonds is 3. The van der Waals surface area contributed by atoms with Crippen LogP contribution in [0.2, 0.25) is 0 Å².